The van der Waals surface area contributed by atoms with Crippen LogP contribution in [0, 0.1) is 0 Å². The number of hydrogen-bond acceptors (Lipinski definition) is 4. The van der Waals surface area contributed by atoms with Crippen LogP contribution in [0.15, 0.2) is 24.3 Å². The van der Waals surface area contributed by atoms with Crippen molar-refractivity contribution in [2.75, 3.05) is 32.7 Å². The maximum atomic E-state index is 13.1. The summed E-state index contributed by atoms with van der Waals surface area (Å²) in [6, 6.07) is 7.63. The molecule has 33 heavy (non-hydrogen) atoms. The molecule has 0 atom stereocenters. The van der Waals surface area contributed by atoms with Gasteiger partial charge in [-0.25, -0.2) is 0 Å². The third-order valence-electron chi connectivity index (χ3n) is 7.10. The quantitative estimate of drug-likeness (QED) is 0.652. The molecule has 2 amide bonds. The molecule has 9 heteroatoms. The summed E-state index contributed by atoms with van der Waals surface area (Å²) < 4.78 is 1.67. The lowest BCUT2D eigenvalue weighted by molar-refractivity contribution is 0.0582. The standard InChI is InChI=1S/C24H29Cl2N5O2/c25-19-5-4-17(14-20(19)26)16-30-12-13-31-22(24(30)33)15-21(27-31)23(32)29-10-6-18(7-11-29)28-8-2-1-3-9-28/h4-5,14-15,18H,1-3,6-13,16H2. The number of nitrogens with zero attached hydrogens (tertiary/aromatic N) is 5. The van der Waals surface area contributed by atoms with Gasteiger partial charge >= 0.3 is 0 Å². The van der Waals surface area contributed by atoms with Crippen LogP contribution in [0.5, 0.6) is 0 Å². The number of amides is 2. The monoisotopic (exact) mass is 489 g/mol. The first kappa shape index (κ1) is 22.7. The fourth-order valence-electron chi connectivity index (χ4n) is 5.23. The maximum absolute atomic E-state index is 13.1. The Morgan fingerprint density at radius 1 is 0.939 bits per heavy atom. The molecular formula is C24H29Cl2N5O2. The predicted octanol–water partition coefficient (Wildman–Crippen LogP) is 3.94. The number of hydrogen-bond donors (Lipinski definition) is 0. The molecule has 5 rings (SSSR count). The molecule has 3 aliphatic heterocycles. The fourth-order valence-corrected chi connectivity index (χ4v) is 5.55. The van der Waals surface area contributed by atoms with Gasteiger partial charge in [0.15, 0.2) is 5.69 Å². The zero-order chi connectivity index (χ0) is 22.9. The van der Waals surface area contributed by atoms with Gasteiger partial charge in [-0.05, 0) is 56.5 Å². The maximum Gasteiger partial charge on any atom is 0.274 e. The van der Waals surface area contributed by atoms with Crippen LogP contribution in [0.3, 0.4) is 0 Å². The van der Waals surface area contributed by atoms with Crippen molar-refractivity contribution in [3.05, 3.63) is 51.3 Å². The Bertz CT molecular complexity index is 1040. The Labute approximate surface area is 204 Å². The van der Waals surface area contributed by atoms with E-state index in [4.69, 9.17) is 23.2 Å². The lowest BCUT2D eigenvalue weighted by Gasteiger charge is -2.40. The van der Waals surface area contributed by atoms with Gasteiger partial charge in [0.05, 0.1) is 16.6 Å². The first-order valence-electron chi connectivity index (χ1n) is 11.8. The highest BCUT2D eigenvalue weighted by molar-refractivity contribution is 6.42. The minimum absolute atomic E-state index is 0.0715. The third kappa shape index (κ3) is 4.77. The smallest absolute Gasteiger partial charge is 0.274 e. The number of fused-ring (bicyclic) bond motifs is 1. The van der Waals surface area contributed by atoms with Crippen molar-refractivity contribution in [1.82, 2.24) is 24.5 Å². The van der Waals surface area contributed by atoms with Crippen molar-refractivity contribution in [2.24, 2.45) is 0 Å². The van der Waals surface area contributed by atoms with Gasteiger partial charge in [0.1, 0.15) is 5.69 Å². The first-order chi connectivity index (χ1) is 16.0. The molecule has 2 saturated heterocycles. The van der Waals surface area contributed by atoms with E-state index in [1.165, 1.54) is 32.4 Å². The van der Waals surface area contributed by atoms with Gasteiger partial charge < -0.3 is 14.7 Å². The summed E-state index contributed by atoms with van der Waals surface area (Å²) in [5, 5.41) is 5.45. The number of benzene rings is 1. The van der Waals surface area contributed by atoms with Crippen LogP contribution in [-0.2, 0) is 13.1 Å². The number of aromatic nitrogens is 2. The second-order valence-electron chi connectivity index (χ2n) is 9.23. The van der Waals surface area contributed by atoms with Crippen LogP contribution in [0.2, 0.25) is 10.0 Å². The topological polar surface area (TPSA) is 61.7 Å². The van der Waals surface area contributed by atoms with Crippen molar-refractivity contribution in [3.63, 3.8) is 0 Å². The van der Waals surface area contributed by atoms with Gasteiger partial charge in [0.2, 0.25) is 0 Å². The number of halogens is 2. The van der Waals surface area contributed by atoms with Gasteiger partial charge in [-0.2, -0.15) is 5.10 Å². The molecule has 7 nitrogen and oxygen atoms in total. The zero-order valence-corrected chi connectivity index (χ0v) is 20.2. The van der Waals surface area contributed by atoms with E-state index in [-0.39, 0.29) is 11.8 Å². The van der Waals surface area contributed by atoms with Gasteiger partial charge in [-0.15, -0.1) is 0 Å². The number of carbonyl (C=O) groups is 2. The summed E-state index contributed by atoms with van der Waals surface area (Å²) in [5.74, 6) is -0.194. The summed E-state index contributed by atoms with van der Waals surface area (Å²) in [5.41, 5.74) is 1.75. The average Bonchev–Trinajstić information content (AvgIpc) is 3.29. The second kappa shape index (κ2) is 9.65. The molecule has 2 aromatic rings. The van der Waals surface area contributed by atoms with E-state index < -0.39 is 0 Å². The highest BCUT2D eigenvalue weighted by Gasteiger charge is 2.32. The summed E-state index contributed by atoms with van der Waals surface area (Å²) in [4.78, 5) is 32.5. The highest BCUT2D eigenvalue weighted by atomic mass is 35.5. The molecule has 1 aromatic carbocycles. The predicted molar refractivity (Wildman–Crippen MR) is 128 cm³/mol. The van der Waals surface area contributed by atoms with Crippen LogP contribution in [-0.4, -0.2) is 75.1 Å². The first-order valence-corrected chi connectivity index (χ1v) is 12.6. The van der Waals surface area contributed by atoms with Crippen LogP contribution in [0.4, 0.5) is 0 Å². The summed E-state index contributed by atoms with van der Waals surface area (Å²) >= 11 is 12.1. The second-order valence-corrected chi connectivity index (χ2v) is 10.0. The molecule has 0 unspecified atom stereocenters. The van der Waals surface area contributed by atoms with E-state index in [1.807, 2.05) is 11.0 Å². The Morgan fingerprint density at radius 3 is 2.42 bits per heavy atom. The van der Waals surface area contributed by atoms with Gasteiger partial charge in [0, 0.05) is 38.3 Å². The number of piperidine rings is 2. The fraction of sp³-hybridized carbons (Fsp3) is 0.542. The Kier molecular flexibility index (Phi) is 6.63. The Morgan fingerprint density at radius 2 is 1.70 bits per heavy atom. The lowest BCUT2D eigenvalue weighted by atomic mass is 9.99. The number of likely N-dealkylation sites (tertiary alicyclic amines) is 2. The van der Waals surface area contributed by atoms with Crippen molar-refractivity contribution >= 4 is 35.0 Å². The van der Waals surface area contributed by atoms with E-state index in [0.29, 0.717) is 47.1 Å². The van der Waals surface area contributed by atoms with Crippen LogP contribution in [0.25, 0.3) is 0 Å². The van der Waals surface area contributed by atoms with Crippen molar-refractivity contribution < 1.29 is 9.59 Å². The van der Waals surface area contributed by atoms with E-state index in [9.17, 15) is 9.59 Å². The molecular weight excluding hydrogens is 461 g/mol. The molecule has 0 saturated carbocycles. The van der Waals surface area contributed by atoms with Gasteiger partial charge in [-0.3, -0.25) is 14.3 Å². The number of rotatable bonds is 4. The molecule has 2 fully saturated rings. The third-order valence-corrected chi connectivity index (χ3v) is 7.84. The van der Waals surface area contributed by atoms with Gasteiger partial charge in [-0.1, -0.05) is 35.7 Å². The Balaban J connectivity index is 1.22. The minimum Gasteiger partial charge on any atom is -0.337 e. The lowest BCUT2D eigenvalue weighted by Crippen LogP contribution is -2.48. The number of carbonyl (C=O) groups excluding carboxylic acids is 2. The van der Waals surface area contributed by atoms with Crippen molar-refractivity contribution in [2.45, 2.75) is 51.2 Å². The molecule has 0 bridgehead atoms. The van der Waals surface area contributed by atoms with E-state index in [1.54, 1.807) is 27.8 Å². The highest BCUT2D eigenvalue weighted by Crippen LogP contribution is 2.25. The molecule has 3 aliphatic rings. The summed E-state index contributed by atoms with van der Waals surface area (Å²) in [6.45, 7) is 5.41. The summed E-state index contributed by atoms with van der Waals surface area (Å²) in [7, 11) is 0. The van der Waals surface area contributed by atoms with E-state index in [2.05, 4.69) is 10.00 Å². The molecule has 4 heterocycles. The normalized spacial score (nSPS) is 20.2. The average molecular weight is 490 g/mol. The molecule has 0 spiro atoms. The Hall–Kier alpha value is -2.09. The SMILES string of the molecule is O=C(c1cc2n(n1)CCN(Cc1ccc(Cl)c(Cl)c1)C2=O)N1CCC(N2CCCCC2)CC1. The van der Waals surface area contributed by atoms with Crippen molar-refractivity contribution in [3.8, 4) is 0 Å². The minimum atomic E-state index is -0.123. The van der Waals surface area contributed by atoms with E-state index in [0.717, 1.165) is 31.5 Å². The van der Waals surface area contributed by atoms with Crippen LogP contribution >= 0.6 is 23.2 Å². The summed E-state index contributed by atoms with van der Waals surface area (Å²) in [6.07, 6.45) is 5.93. The van der Waals surface area contributed by atoms with E-state index >= 15 is 0 Å². The van der Waals surface area contributed by atoms with Crippen molar-refractivity contribution in [1.29, 1.82) is 0 Å². The van der Waals surface area contributed by atoms with Crippen LogP contribution < -0.4 is 0 Å². The molecule has 176 valence electrons. The van der Waals surface area contributed by atoms with Crippen LogP contribution in [0.1, 0.15) is 58.6 Å². The van der Waals surface area contributed by atoms with Gasteiger partial charge in [0.25, 0.3) is 11.8 Å². The zero-order valence-electron chi connectivity index (χ0n) is 18.7. The molecule has 0 radical (unpaired) electrons. The molecule has 0 aliphatic carbocycles. The largest absolute Gasteiger partial charge is 0.337 e. The molecule has 1 aromatic heterocycles. The molecule has 0 N–H and O–H groups in total.